The molecule has 2 fully saturated rings. The summed E-state index contributed by atoms with van der Waals surface area (Å²) in [4.78, 5) is 23.3. The van der Waals surface area contributed by atoms with Gasteiger partial charge < -0.3 is 15.1 Å². The Morgan fingerprint density at radius 3 is 2.03 bits per heavy atom. The third-order valence-electron chi connectivity index (χ3n) is 5.79. The summed E-state index contributed by atoms with van der Waals surface area (Å²) >= 11 is 0. The quantitative estimate of drug-likeness (QED) is 0.514. The Morgan fingerprint density at radius 1 is 0.931 bits per heavy atom. The van der Waals surface area contributed by atoms with Gasteiger partial charge in [-0.1, -0.05) is 12.8 Å². The van der Waals surface area contributed by atoms with Gasteiger partial charge in [0.2, 0.25) is 5.91 Å². The smallest absolute Gasteiger partial charge is 0.236 e. The highest BCUT2D eigenvalue weighted by Gasteiger charge is 2.29. The summed E-state index contributed by atoms with van der Waals surface area (Å²) in [5.74, 6) is 1.06. The SMILES string of the molecule is CN=C(NCCS(=O)(=O)C(C)(C)C)N1CCN(CC(=O)N2CCCCCC2)CC1. The molecular formula is C20H39N5O3S. The molecule has 1 N–H and O–H groups in total. The maximum absolute atomic E-state index is 12.6. The predicted octanol–water partition coefficient (Wildman–Crippen LogP) is 0.795. The zero-order valence-corrected chi connectivity index (χ0v) is 19.4. The number of nitrogens with one attached hydrogen (secondary N) is 1. The topological polar surface area (TPSA) is 85.3 Å². The molecule has 1 amide bonds. The summed E-state index contributed by atoms with van der Waals surface area (Å²) in [5, 5.41) is 3.18. The minimum atomic E-state index is -3.15. The minimum absolute atomic E-state index is 0.0832. The van der Waals surface area contributed by atoms with Gasteiger partial charge >= 0.3 is 0 Å². The molecule has 0 aromatic heterocycles. The summed E-state index contributed by atoms with van der Waals surface area (Å²) in [5.41, 5.74) is 0. The highest BCUT2D eigenvalue weighted by atomic mass is 32.2. The van der Waals surface area contributed by atoms with Crippen molar-refractivity contribution < 1.29 is 13.2 Å². The molecule has 2 aliphatic heterocycles. The van der Waals surface area contributed by atoms with Gasteiger partial charge in [0.05, 0.1) is 17.0 Å². The number of nitrogens with zero attached hydrogens (tertiary/aromatic N) is 4. The predicted molar refractivity (Wildman–Crippen MR) is 118 cm³/mol. The van der Waals surface area contributed by atoms with Crippen LogP contribution in [0.15, 0.2) is 4.99 Å². The average Bonchev–Trinajstić information content (AvgIpc) is 2.95. The summed E-state index contributed by atoms with van der Waals surface area (Å²) in [7, 11) is -1.44. The molecule has 0 bridgehead atoms. The fourth-order valence-electron chi connectivity index (χ4n) is 3.66. The van der Waals surface area contributed by atoms with Crippen LogP contribution < -0.4 is 5.32 Å². The summed E-state index contributed by atoms with van der Waals surface area (Å²) in [6.45, 7) is 11.0. The Hall–Kier alpha value is -1.35. The Bertz CT molecular complexity index is 656. The van der Waals surface area contributed by atoms with Crippen molar-refractivity contribution in [3.8, 4) is 0 Å². The summed E-state index contributed by atoms with van der Waals surface area (Å²) in [6, 6.07) is 0. The molecule has 9 heteroatoms. The van der Waals surface area contributed by atoms with Crippen LogP contribution >= 0.6 is 0 Å². The van der Waals surface area contributed by atoms with Crippen molar-refractivity contribution in [3.63, 3.8) is 0 Å². The van der Waals surface area contributed by atoms with E-state index in [1.165, 1.54) is 12.8 Å². The largest absolute Gasteiger partial charge is 0.355 e. The van der Waals surface area contributed by atoms with Crippen LogP contribution in [0.3, 0.4) is 0 Å². The van der Waals surface area contributed by atoms with Gasteiger partial charge in [-0.3, -0.25) is 14.7 Å². The second-order valence-electron chi connectivity index (χ2n) is 8.96. The van der Waals surface area contributed by atoms with Crippen LogP contribution in [0.4, 0.5) is 0 Å². The van der Waals surface area contributed by atoms with Gasteiger partial charge in [-0.05, 0) is 33.6 Å². The second kappa shape index (κ2) is 10.6. The zero-order valence-electron chi connectivity index (χ0n) is 18.6. The van der Waals surface area contributed by atoms with Crippen molar-refractivity contribution in [2.75, 3.05) is 65.2 Å². The molecular weight excluding hydrogens is 390 g/mol. The van der Waals surface area contributed by atoms with Crippen LogP contribution in [0.1, 0.15) is 46.5 Å². The molecule has 0 unspecified atom stereocenters. The van der Waals surface area contributed by atoms with Crippen LogP contribution in [0, 0.1) is 0 Å². The maximum atomic E-state index is 12.6. The first-order chi connectivity index (χ1) is 13.6. The van der Waals surface area contributed by atoms with Crippen molar-refractivity contribution in [1.82, 2.24) is 20.0 Å². The Morgan fingerprint density at radius 2 is 1.52 bits per heavy atom. The molecule has 2 saturated heterocycles. The van der Waals surface area contributed by atoms with Crippen LogP contribution in [-0.2, 0) is 14.6 Å². The van der Waals surface area contributed by atoms with E-state index in [1.54, 1.807) is 27.8 Å². The molecule has 0 aromatic rings. The number of aliphatic imine (C=N–C) groups is 1. The first kappa shape index (κ1) is 23.9. The standard InChI is InChI=1S/C20H39N5O3S/c1-20(2,3)29(27,28)16-9-22-19(21-4)25-14-12-23(13-15-25)17-18(26)24-10-7-5-6-8-11-24/h5-17H2,1-4H3,(H,21,22). The van der Waals surface area contributed by atoms with E-state index in [0.29, 0.717) is 13.1 Å². The number of piperazine rings is 1. The fourth-order valence-corrected chi connectivity index (χ4v) is 4.65. The number of sulfone groups is 1. The van der Waals surface area contributed by atoms with E-state index in [2.05, 4.69) is 20.1 Å². The number of hydrogen-bond donors (Lipinski definition) is 1. The molecule has 0 saturated carbocycles. The number of carbonyl (C=O) groups excluding carboxylic acids is 1. The fraction of sp³-hybridized carbons (Fsp3) is 0.900. The molecule has 2 heterocycles. The molecule has 2 rings (SSSR count). The third-order valence-corrected chi connectivity index (χ3v) is 8.40. The van der Waals surface area contributed by atoms with Crippen molar-refractivity contribution >= 4 is 21.7 Å². The number of amides is 1. The summed E-state index contributed by atoms with van der Waals surface area (Å²) < 4.78 is 23.8. The van der Waals surface area contributed by atoms with Gasteiger partial charge in [-0.15, -0.1) is 0 Å². The Balaban J connectivity index is 1.76. The van der Waals surface area contributed by atoms with E-state index in [9.17, 15) is 13.2 Å². The highest BCUT2D eigenvalue weighted by molar-refractivity contribution is 7.92. The van der Waals surface area contributed by atoms with Crippen molar-refractivity contribution in [3.05, 3.63) is 0 Å². The molecule has 0 aliphatic carbocycles. The number of rotatable bonds is 5. The molecule has 2 aliphatic rings. The van der Waals surface area contributed by atoms with Gasteiger partial charge in [0.1, 0.15) is 0 Å². The monoisotopic (exact) mass is 429 g/mol. The van der Waals surface area contributed by atoms with Gasteiger partial charge in [0.15, 0.2) is 15.8 Å². The highest BCUT2D eigenvalue weighted by Crippen LogP contribution is 2.15. The molecule has 0 spiro atoms. The minimum Gasteiger partial charge on any atom is -0.355 e. The van der Waals surface area contributed by atoms with Gasteiger partial charge in [0.25, 0.3) is 0 Å². The molecule has 0 radical (unpaired) electrons. The van der Waals surface area contributed by atoms with Crippen LogP contribution in [0.5, 0.6) is 0 Å². The average molecular weight is 430 g/mol. The van der Waals surface area contributed by atoms with Crippen molar-refractivity contribution in [2.24, 2.45) is 4.99 Å². The normalized spacial score (nSPS) is 20.5. The molecule has 0 atom stereocenters. The molecule has 0 aromatic carbocycles. The van der Waals surface area contributed by atoms with Crippen LogP contribution in [-0.4, -0.2) is 105 Å². The van der Waals surface area contributed by atoms with E-state index in [0.717, 1.165) is 58.1 Å². The lowest BCUT2D eigenvalue weighted by atomic mass is 10.2. The van der Waals surface area contributed by atoms with E-state index < -0.39 is 14.6 Å². The van der Waals surface area contributed by atoms with Crippen molar-refractivity contribution in [1.29, 1.82) is 0 Å². The van der Waals surface area contributed by atoms with Crippen LogP contribution in [0.25, 0.3) is 0 Å². The number of carbonyl (C=O) groups is 1. The maximum Gasteiger partial charge on any atom is 0.236 e. The Kier molecular flexibility index (Phi) is 8.75. The van der Waals surface area contributed by atoms with E-state index in [4.69, 9.17) is 0 Å². The Labute approximate surface area is 176 Å². The first-order valence-corrected chi connectivity index (χ1v) is 12.5. The van der Waals surface area contributed by atoms with Crippen molar-refractivity contribution in [2.45, 2.75) is 51.2 Å². The first-order valence-electron chi connectivity index (χ1n) is 10.8. The molecule has 168 valence electrons. The van der Waals surface area contributed by atoms with E-state index in [-0.39, 0.29) is 11.7 Å². The van der Waals surface area contributed by atoms with Crippen LogP contribution in [0.2, 0.25) is 0 Å². The summed E-state index contributed by atoms with van der Waals surface area (Å²) in [6.07, 6.45) is 4.69. The zero-order chi connectivity index (χ0) is 21.5. The molecule has 8 nitrogen and oxygen atoms in total. The second-order valence-corrected chi connectivity index (χ2v) is 11.8. The van der Waals surface area contributed by atoms with Gasteiger partial charge in [-0.25, -0.2) is 8.42 Å². The molecule has 29 heavy (non-hydrogen) atoms. The van der Waals surface area contributed by atoms with E-state index >= 15 is 0 Å². The number of guanidine groups is 1. The third kappa shape index (κ3) is 7.13. The van der Waals surface area contributed by atoms with E-state index in [1.807, 2.05) is 4.90 Å². The lowest BCUT2D eigenvalue weighted by Gasteiger charge is -2.37. The lowest BCUT2D eigenvalue weighted by Crippen LogP contribution is -2.54. The van der Waals surface area contributed by atoms with Gasteiger partial charge in [-0.2, -0.15) is 0 Å². The number of likely N-dealkylation sites (tertiary alicyclic amines) is 1. The lowest BCUT2D eigenvalue weighted by molar-refractivity contribution is -0.132. The number of hydrogen-bond acceptors (Lipinski definition) is 5. The van der Waals surface area contributed by atoms with Gasteiger partial charge in [0, 0.05) is 52.9 Å².